The van der Waals surface area contributed by atoms with E-state index in [2.05, 4.69) is 18.8 Å². The van der Waals surface area contributed by atoms with Crippen LogP contribution in [0.15, 0.2) is 0 Å². The van der Waals surface area contributed by atoms with Crippen LogP contribution in [0.1, 0.15) is 30.8 Å². The summed E-state index contributed by atoms with van der Waals surface area (Å²) in [6.45, 7) is 4.30. The number of hydrogen-bond donors (Lipinski definition) is 0. The van der Waals surface area contributed by atoms with Gasteiger partial charge in [0.1, 0.15) is 0 Å². The highest BCUT2D eigenvalue weighted by molar-refractivity contribution is 7.15. The first-order valence-electron chi connectivity index (χ1n) is 3.92. The van der Waals surface area contributed by atoms with Crippen LogP contribution in [0.5, 0.6) is 0 Å². The maximum atomic E-state index is 5.79. The Labute approximate surface area is 76.4 Å². The van der Waals surface area contributed by atoms with Crippen molar-refractivity contribution in [1.82, 2.24) is 4.98 Å². The fourth-order valence-corrected chi connectivity index (χ4v) is 2.21. The molecule has 0 radical (unpaired) electrons. The third-order valence-corrected chi connectivity index (χ3v) is 2.91. The summed E-state index contributed by atoms with van der Waals surface area (Å²) in [5, 5.41) is 0. The Bertz CT molecular complexity index is 232. The molecule has 1 nitrogen and oxygen atoms in total. The summed E-state index contributed by atoms with van der Waals surface area (Å²) in [6, 6.07) is 0. The number of thiazole rings is 1. The Balaban J connectivity index is 2.83. The number of nitrogens with zero attached hydrogens (tertiary/aromatic N) is 1. The number of halogens is 1. The average Bonchev–Trinajstić information content (AvgIpc) is 2.32. The molecule has 0 fully saturated rings. The lowest BCUT2D eigenvalue weighted by Crippen LogP contribution is -1.87. The maximum absolute atomic E-state index is 5.79. The van der Waals surface area contributed by atoms with E-state index in [1.54, 1.807) is 11.3 Å². The predicted molar refractivity (Wildman–Crippen MR) is 50.5 cm³/mol. The molecule has 0 aliphatic carbocycles. The molecule has 1 aromatic rings. The van der Waals surface area contributed by atoms with Gasteiger partial charge in [-0.3, -0.25) is 0 Å². The summed E-state index contributed by atoms with van der Waals surface area (Å²) < 4.78 is 0.685. The first kappa shape index (κ1) is 9.01. The lowest BCUT2D eigenvalue weighted by atomic mass is 10.2. The molecule has 0 N–H and O–H groups in total. The van der Waals surface area contributed by atoms with E-state index in [1.165, 1.54) is 10.6 Å². The quantitative estimate of drug-likeness (QED) is 0.711. The highest BCUT2D eigenvalue weighted by atomic mass is 35.5. The van der Waals surface area contributed by atoms with Gasteiger partial charge < -0.3 is 0 Å². The summed E-state index contributed by atoms with van der Waals surface area (Å²) in [4.78, 5) is 5.60. The monoisotopic (exact) mass is 189 g/mol. The van der Waals surface area contributed by atoms with Gasteiger partial charge in [0.15, 0.2) is 4.47 Å². The molecular formula is C8H12ClNS. The van der Waals surface area contributed by atoms with Crippen molar-refractivity contribution in [2.24, 2.45) is 0 Å². The molecule has 0 aromatic carbocycles. The van der Waals surface area contributed by atoms with E-state index in [-0.39, 0.29) is 0 Å². The Morgan fingerprint density at radius 1 is 1.45 bits per heavy atom. The van der Waals surface area contributed by atoms with Crippen LogP contribution in [0, 0.1) is 0 Å². The molecule has 1 rings (SSSR count). The highest BCUT2D eigenvalue weighted by Gasteiger charge is 2.06. The molecule has 0 aliphatic rings. The fraction of sp³-hybridized carbons (Fsp3) is 0.625. The van der Waals surface area contributed by atoms with Crippen molar-refractivity contribution in [2.75, 3.05) is 0 Å². The topological polar surface area (TPSA) is 12.9 Å². The van der Waals surface area contributed by atoms with Gasteiger partial charge in [-0.1, -0.05) is 31.9 Å². The van der Waals surface area contributed by atoms with Crippen LogP contribution < -0.4 is 0 Å². The molecule has 0 saturated heterocycles. The standard InChI is InChI=1S/C8H12ClNS/c1-3-5-6-7(4-2)11-8(9)10-6/h3-5H2,1-2H3. The lowest BCUT2D eigenvalue weighted by molar-refractivity contribution is 0.875. The molecule has 0 amide bonds. The van der Waals surface area contributed by atoms with E-state index in [0.717, 1.165) is 19.3 Å². The van der Waals surface area contributed by atoms with Gasteiger partial charge in [-0.05, 0) is 12.8 Å². The second-order valence-corrected chi connectivity index (χ2v) is 4.11. The summed E-state index contributed by atoms with van der Waals surface area (Å²) in [7, 11) is 0. The van der Waals surface area contributed by atoms with Crippen molar-refractivity contribution in [1.29, 1.82) is 0 Å². The van der Waals surface area contributed by atoms with Crippen molar-refractivity contribution in [3.63, 3.8) is 0 Å². The van der Waals surface area contributed by atoms with Crippen molar-refractivity contribution in [2.45, 2.75) is 33.1 Å². The number of aryl methyl sites for hydroxylation is 2. The minimum atomic E-state index is 0.685. The van der Waals surface area contributed by atoms with E-state index in [0.29, 0.717) is 4.47 Å². The predicted octanol–water partition coefficient (Wildman–Crippen LogP) is 3.31. The van der Waals surface area contributed by atoms with Crippen molar-refractivity contribution >= 4 is 22.9 Å². The van der Waals surface area contributed by atoms with Crippen LogP contribution in [0.4, 0.5) is 0 Å². The fourth-order valence-electron chi connectivity index (χ4n) is 1.06. The van der Waals surface area contributed by atoms with Crippen molar-refractivity contribution in [3.8, 4) is 0 Å². The zero-order valence-corrected chi connectivity index (χ0v) is 8.43. The molecule has 0 atom stereocenters. The minimum absolute atomic E-state index is 0.685. The Hall–Kier alpha value is -0.0800. The Kier molecular flexibility index (Phi) is 3.34. The summed E-state index contributed by atoms with van der Waals surface area (Å²) in [5.41, 5.74) is 1.20. The lowest BCUT2D eigenvalue weighted by Gasteiger charge is -1.94. The number of aromatic nitrogens is 1. The molecule has 0 bridgehead atoms. The number of hydrogen-bond acceptors (Lipinski definition) is 2. The van der Waals surface area contributed by atoms with E-state index < -0.39 is 0 Å². The Morgan fingerprint density at radius 3 is 2.73 bits per heavy atom. The smallest absolute Gasteiger partial charge is 0.184 e. The minimum Gasteiger partial charge on any atom is -0.230 e. The number of rotatable bonds is 3. The summed E-state index contributed by atoms with van der Waals surface area (Å²) in [6.07, 6.45) is 3.26. The normalized spacial score (nSPS) is 10.5. The average molecular weight is 190 g/mol. The first-order chi connectivity index (χ1) is 5.27. The molecule has 0 spiro atoms. The van der Waals surface area contributed by atoms with Crippen LogP contribution in [-0.4, -0.2) is 4.98 Å². The van der Waals surface area contributed by atoms with E-state index in [9.17, 15) is 0 Å². The molecule has 0 unspecified atom stereocenters. The van der Waals surface area contributed by atoms with Crippen molar-refractivity contribution in [3.05, 3.63) is 15.0 Å². The van der Waals surface area contributed by atoms with Gasteiger partial charge in [-0.2, -0.15) is 0 Å². The van der Waals surface area contributed by atoms with Crippen LogP contribution in [-0.2, 0) is 12.8 Å². The zero-order chi connectivity index (χ0) is 8.27. The first-order valence-corrected chi connectivity index (χ1v) is 5.11. The largest absolute Gasteiger partial charge is 0.230 e. The van der Waals surface area contributed by atoms with Crippen LogP contribution in [0.3, 0.4) is 0 Å². The zero-order valence-electron chi connectivity index (χ0n) is 6.85. The molecule has 1 heterocycles. The van der Waals surface area contributed by atoms with Gasteiger partial charge in [0.2, 0.25) is 0 Å². The van der Waals surface area contributed by atoms with Gasteiger partial charge >= 0.3 is 0 Å². The van der Waals surface area contributed by atoms with E-state index in [4.69, 9.17) is 11.6 Å². The van der Waals surface area contributed by atoms with Gasteiger partial charge in [-0.15, -0.1) is 11.3 Å². The molecule has 1 aromatic heterocycles. The van der Waals surface area contributed by atoms with Crippen LogP contribution in [0.25, 0.3) is 0 Å². The molecular weight excluding hydrogens is 178 g/mol. The molecule has 3 heteroatoms. The van der Waals surface area contributed by atoms with Gasteiger partial charge in [-0.25, -0.2) is 4.98 Å². The SMILES string of the molecule is CCCc1nc(Cl)sc1CC. The Morgan fingerprint density at radius 2 is 2.18 bits per heavy atom. The van der Waals surface area contributed by atoms with Gasteiger partial charge in [0.05, 0.1) is 5.69 Å². The van der Waals surface area contributed by atoms with Crippen molar-refractivity contribution < 1.29 is 0 Å². The van der Waals surface area contributed by atoms with E-state index >= 15 is 0 Å². The van der Waals surface area contributed by atoms with Gasteiger partial charge in [0, 0.05) is 4.88 Å². The van der Waals surface area contributed by atoms with E-state index in [1.807, 2.05) is 0 Å². The third-order valence-electron chi connectivity index (χ3n) is 1.56. The molecule has 0 aliphatic heterocycles. The molecule has 0 saturated carbocycles. The third kappa shape index (κ3) is 2.17. The van der Waals surface area contributed by atoms with Crippen LogP contribution in [0.2, 0.25) is 4.47 Å². The van der Waals surface area contributed by atoms with Crippen LogP contribution >= 0.6 is 22.9 Å². The second-order valence-electron chi connectivity index (χ2n) is 2.44. The summed E-state index contributed by atoms with van der Waals surface area (Å²) in [5.74, 6) is 0. The molecule has 62 valence electrons. The summed E-state index contributed by atoms with van der Waals surface area (Å²) >= 11 is 7.40. The van der Waals surface area contributed by atoms with Gasteiger partial charge in [0.25, 0.3) is 0 Å². The highest BCUT2D eigenvalue weighted by Crippen LogP contribution is 2.23. The molecule has 11 heavy (non-hydrogen) atoms. The second kappa shape index (κ2) is 4.07. The maximum Gasteiger partial charge on any atom is 0.184 e.